The van der Waals surface area contributed by atoms with Crippen LogP contribution < -0.4 is 5.32 Å². The molecule has 1 atom stereocenters. The van der Waals surface area contributed by atoms with Crippen molar-refractivity contribution in [1.29, 1.82) is 0 Å². The summed E-state index contributed by atoms with van der Waals surface area (Å²) in [7, 11) is 1.30. The Bertz CT molecular complexity index is 666. The molecule has 1 aliphatic rings. The van der Waals surface area contributed by atoms with Crippen LogP contribution in [0.5, 0.6) is 0 Å². The predicted molar refractivity (Wildman–Crippen MR) is 89.4 cm³/mol. The number of carbonyl (C=O) groups excluding carboxylic acids is 2. The summed E-state index contributed by atoms with van der Waals surface area (Å²) >= 11 is 12.5. The third-order valence-corrected chi connectivity index (χ3v) is 4.40. The molecule has 0 saturated heterocycles. The van der Waals surface area contributed by atoms with E-state index in [1.165, 1.54) is 12.0 Å². The van der Waals surface area contributed by atoms with Gasteiger partial charge in [-0.1, -0.05) is 29.3 Å². The summed E-state index contributed by atoms with van der Waals surface area (Å²) < 4.78 is 4.89. The average Bonchev–Trinajstić information content (AvgIpc) is 2.45. The van der Waals surface area contributed by atoms with Crippen LogP contribution in [-0.2, 0) is 9.53 Å². The minimum absolute atomic E-state index is 0.114. The number of urea groups is 1. The van der Waals surface area contributed by atoms with Gasteiger partial charge in [0.25, 0.3) is 0 Å². The fourth-order valence-corrected chi connectivity index (χ4v) is 3.37. The van der Waals surface area contributed by atoms with E-state index in [2.05, 4.69) is 5.32 Å². The van der Waals surface area contributed by atoms with E-state index in [4.69, 9.17) is 27.9 Å². The second kappa shape index (κ2) is 6.81. The molecule has 7 heteroatoms. The number of amides is 2. The zero-order valence-electron chi connectivity index (χ0n) is 13.3. The first-order valence-electron chi connectivity index (χ1n) is 7.12. The number of esters is 1. The first-order valence-corrected chi connectivity index (χ1v) is 7.87. The van der Waals surface area contributed by atoms with Crippen molar-refractivity contribution in [1.82, 2.24) is 10.2 Å². The molecule has 0 bridgehead atoms. The Hall–Kier alpha value is -1.72. The van der Waals surface area contributed by atoms with E-state index in [-0.39, 0.29) is 12.1 Å². The van der Waals surface area contributed by atoms with Gasteiger partial charge in [0.1, 0.15) is 0 Å². The van der Waals surface area contributed by atoms with Crippen molar-refractivity contribution in [3.63, 3.8) is 0 Å². The largest absolute Gasteiger partial charge is 0.466 e. The highest BCUT2D eigenvalue weighted by molar-refractivity contribution is 6.36. The molecule has 1 heterocycles. The highest BCUT2D eigenvalue weighted by atomic mass is 35.5. The Morgan fingerprint density at radius 1 is 1.30 bits per heavy atom. The summed E-state index contributed by atoms with van der Waals surface area (Å²) in [6, 6.07) is 3.84. The quantitative estimate of drug-likeness (QED) is 0.835. The Morgan fingerprint density at radius 3 is 2.35 bits per heavy atom. The van der Waals surface area contributed by atoms with Gasteiger partial charge in [-0.15, -0.1) is 0 Å². The molecule has 0 aromatic heterocycles. The lowest BCUT2D eigenvalue weighted by Gasteiger charge is -2.37. The maximum Gasteiger partial charge on any atom is 0.337 e. The lowest BCUT2D eigenvalue weighted by Crippen LogP contribution is -2.50. The fourth-order valence-electron chi connectivity index (χ4n) is 2.76. The molecule has 124 valence electrons. The van der Waals surface area contributed by atoms with E-state index >= 15 is 0 Å². The zero-order chi connectivity index (χ0) is 17.3. The number of nitrogens with one attached hydrogen (secondary N) is 1. The standard InChI is InChI=1S/C16H18Cl2N2O3/c1-8(2)20-9(3)12(15(21)23-4)14(19-16(20)22)13-10(17)6-5-7-11(13)18/h5-8,14H,1-4H3,(H,19,22)/t14-/m0/s1. The van der Waals surface area contributed by atoms with Crippen LogP contribution in [0, 0.1) is 0 Å². The van der Waals surface area contributed by atoms with Gasteiger partial charge in [-0.05, 0) is 32.9 Å². The number of rotatable bonds is 3. The first kappa shape index (κ1) is 17.6. The lowest BCUT2D eigenvalue weighted by molar-refractivity contribution is -0.136. The zero-order valence-corrected chi connectivity index (χ0v) is 14.8. The number of halogens is 2. The van der Waals surface area contributed by atoms with Crippen LogP contribution in [0.1, 0.15) is 32.4 Å². The van der Waals surface area contributed by atoms with Crippen molar-refractivity contribution < 1.29 is 14.3 Å². The molecule has 0 fully saturated rings. The van der Waals surface area contributed by atoms with Crippen LogP contribution >= 0.6 is 23.2 Å². The Morgan fingerprint density at radius 2 is 1.87 bits per heavy atom. The van der Waals surface area contributed by atoms with Crippen molar-refractivity contribution >= 4 is 35.2 Å². The summed E-state index contributed by atoms with van der Waals surface area (Å²) in [5.41, 5.74) is 1.32. The summed E-state index contributed by atoms with van der Waals surface area (Å²) in [5, 5.41) is 3.54. The molecular weight excluding hydrogens is 339 g/mol. The van der Waals surface area contributed by atoms with Crippen LogP contribution in [0.4, 0.5) is 4.79 Å². The van der Waals surface area contributed by atoms with Crippen molar-refractivity contribution in [3.8, 4) is 0 Å². The molecule has 23 heavy (non-hydrogen) atoms. The van der Waals surface area contributed by atoms with Crippen LogP contribution in [0.15, 0.2) is 29.5 Å². The Labute approximate surface area is 145 Å². The number of benzene rings is 1. The Kier molecular flexibility index (Phi) is 5.22. The highest BCUT2D eigenvalue weighted by Crippen LogP contribution is 2.38. The maximum absolute atomic E-state index is 12.5. The van der Waals surface area contributed by atoms with E-state index in [1.54, 1.807) is 25.1 Å². The van der Waals surface area contributed by atoms with Crippen molar-refractivity contribution in [2.75, 3.05) is 7.11 Å². The van der Waals surface area contributed by atoms with Crippen LogP contribution in [0.2, 0.25) is 10.0 Å². The van der Waals surface area contributed by atoms with Gasteiger partial charge in [0, 0.05) is 27.3 Å². The SMILES string of the molecule is COC(=O)C1=C(C)N(C(C)C)C(=O)N[C@@H]1c1c(Cl)cccc1Cl. The molecule has 0 radical (unpaired) electrons. The summed E-state index contributed by atoms with van der Waals surface area (Å²) in [6.07, 6.45) is 0. The van der Waals surface area contributed by atoms with Gasteiger partial charge in [-0.25, -0.2) is 9.59 Å². The van der Waals surface area contributed by atoms with E-state index in [0.717, 1.165) is 0 Å². The number of ether oxygens (including phenoxy) is 1. The fraction of sp³-hybridized carbons (Fsp3) is 0.375. The molecule has 0 unspecified atom stereocenters. The Balaban J connectivity index is 2.68. The van der Waals surface area contributed by atoms with Crippen LogP contribution in [0.3, 0.4) is 0 Å². The number of methoxy groups -OCH3 is 1. The van der Waals surface area contributed by atoms with E-state index in [9.17, 15) is 9.59 Å². The number of allylic oxidation sites excluding steroid dienone is 1. The molecule has 1 aromatic carbocycles. The first-order chi connectivity index (χ1) is 10.8. The second-order valence-electron chi connectivity index (χ2n) is 5.47. The molecule has 1 N–H and O–H groups in total. The van der Waals surface area contributed by atoms with Crippen LogP contribution in [0.25, 0.3) is 0 Å². The highest BCUT2D eigenvalue weighted by Gasteiger charge is 2.38. The molecule has 5 nitrogen and oxygen atoms in total. The predicted octanol–water partition coefficient (Wildman–Crippen LogP) is 3.92. The molecule has 2 rings (SSSR count). The number of nitrogens with zero attached hydrogens (tertiary/aromatic N) is 1. The van der Waals surface area contributed by atoms with E-state index in [1.807, 2.05) is 13.8 Å². The minimum Gasteiger partial charge on any atom is -0.466 e. The van der Waals surface area contributed by atoms with Gasteiger partial charge < -0.3 is 10.1 Å². The van der Waals surface area contributed by atoms with Gasteiger partial charge in [-0.2, -0.15) is 0 Å². The monoisotopic (exact) mass is 356 g/mol. The number of carbonyl (C=O) groups is 2. The lowest BCUT2D eigenvalue weighted by atomic mass is 9.94. The van der Waals surface area contributed by atoms with Crippen molar-refractivity contribution in [2.45, 2.75) is 32.9 Å². The van der Waals surface area contributed by atoms with Crippen molar-refractivity contribution in [3.05, 3.63) is 45.1 Å². The third kappa shape index (κ3) is 3.16. The molecule has 0 saturated carbocycles. The normalized spacial score (nSPS) is 18.3. The van der Waals surface area contributed by atoms with Crippen LogP contribution in [-0.4, -0.2) is 30.1 Å². The summed E-state index contributed by atoms with van der Waals surface area (Å²) in [4.78, 5) is 26.3. The van der Waals surface area contributed by atoms with Gasteiger partial charge >= 0.3 is 12.0 Å². The number of hydrogen-bond acceptors (Lipinski definition) is 3. The average molecular weight is 357 g/mol. The molecule has 1 aromatic rings. The molecule has 0 spiro atoms. The molecule has 0 aliphatic carbocycles. The number of hydrogen-bond donors (Lipinski definition) is 1. The van der Waals surface area contributed by atoms with E-state index in [0.29, 0.717) is 26.9 Å². The summed E-state index contributed by atoms with van der Waals surface area (Å²) in [5.74, 6) is -0.533. The van der Waals surface area contributed by atoms with E-state index < -0.39 is 12.0 Å². The summed E-state index contributed by atoms with van der Waals surface area (Å²) in [6.45, 7) is 5.43. The van der Waals surface area contributed by atoms with Crippen molar-refractivity contribution in [2.24, 2.45) is 0 Å². The van der Waals surface area contributed by atoms with Gasteiger partial charge in [0.15, 0.2) is 0 Å². The minimum atomic E-state index is -0.758. The molecule has 1 aliphatic heterocycles. The van der Waals surface area contributed by atoms with Gasteiger partial charge in [0.05, 0.1) is 18.7 Å². The molecular formula is C16H18Cl2N2O3. The van der Waals surface area contributed by atoms with Gasteiger partial charge in [-0.3, -0.25) is 4.90 Å². The maximum atomic E-state index is 12.5. The second-order valence-corrected chi connectivity index (χ2v) is 6.29. The third-order valence-electron chi connectivity index (χ3n) is 3.74. The topological polar surface area (TPSA) is 58.6 Å². The van der Waals surface area contributed by atoms with Gasteiger partial charge in [0.2, 0.25) is 0 Å². The smallest absolute Gasteiger partial charge is 0.337 e. The molecule has 2 amide bonds.